The minimum atomic E-state index is -3.53. The van der Waals surface area contributed by atoms with Crippen LogP contribution in [0.25, 0.3) is 0 Å². The van der Waals surface area contributed by atoms with Crippen molar-refractivity contribution >= 4 is 33.2 Å². The maximum Gasteiger partial charge on any atom is 0.261 e. The van der Waals surface area contributed by atoms with Crippen LogP contribution in [0.1, 0.15) is 24.9 Å². The molecule has 0 unspecified atom stereocenters. The third kappa shape index (κ3) is 4.54. The molecule has 0 spiro atoms. The Hall–Kier alpha value is -2.25. The molecule has 0 bridgehead atoms. The van der Waals surface area contributed by atoms with E-state index in [4.69, 9.17) is 16.3 Å². The van der Waals surface area contributed by atoms with Gasteiger partial charge in [-0.1, -0.05) is 41.9 Å². The number of nitrogens with one attached hydrogen (secondary N) is 1. The Balaban J connectivity index is 1.82. The molecule has 2 aromatic carbocycles. The molecule has 1 amide bonds. The highest BCUT2D eigenvalue weighted by Crippen LogP contribution is 2.36. The molecule has 3 rings (SSSR count). The molecule has 0 saturated heterocycles. The average Bonchev–Trinajstić information content (AvgIpc) is 2.81. The Kier molecular flexibility index (Phi) is 5.62. The zero-order valence-corrected chi connectivity index (χ0v) is 16.6. The molecule has 1 aliphatic heterocycles. The fourth-order valence-corrected chi connectivity index (χ4v) is 4.12. The number of amides is 1. The molecule has 0 aromatic heterocycles. The molecule has 1 N–H and O–H groups in total. The van der Waals surface area contributed by atoms with Gasteiger partial charge in [-0.25, -0.2) is 8.42 Å². The molecule has 2 atom stereocenters. The maximum absolute atomic E-state index is 12.7. The smallest absolute Gasteiger partial charge is 0.261 e. The van der Waals surface area contributed by atoms with Crippen molar-refractivity contribution in [1.82, 2.24) is 5.32 Å². The summed E-state index contributed by atoms with van der Waals surface area (Å²) in [6, 6.07) is 14.1. The highest BCUT2D eigenvalue weighted by molar-refractivity contribution is 7.92. The number of rotatable bonds is 4. The second-order valence-electron chi connectivity index (χ2n) is 6.48. The predicted molar refractivity (Wildman–Crippen MR) is 106 cm³/mol. The second kappa shape index (κ2) is 7.78. The molecule has 8 heteroatoms. The van der Waals surface area contributed by atoms with Crippen LogP contribution in [0.15, 0.2) is 48.5 Å². The Morgan fingerprint density at radius 2 is 1.96 bits per heavy atom. The van der Waals surface area contributed by atoms with Crippen LogP contribution >= 0.6 is 11.6 Å². The third-order valence-corrected chi connectivity index (χ3v) is 5.82. The predicted octanol–water partition coefficient (Wildman–Crippen LogP) is 3.13. The first kappa shape index (κ1) is 19.5. The van der Waals surface area contributed by atoms with Crippen LogP contribution < -0.4 is 14.4 Å². The van der Waals surface area contributed by atoms with E-state index in [9.17, 15) is 13.2 Å². The lowest BCUT2D eigenvalue weighted by Crippen LogP contribution is -2.40. The topological polar surface area (TPSA) is 75.7 Å². The standard InChI is InChI=1S/C19H21ClN2O4S/c1-13(14-6-4-3-5-7-14)21-19(23)18-10-11-22(27(2,24)25)16-12-15(20)8-9-17(16)26-18/h3-9,12-13,18H,10-11H2,1-2H3,(H,21,23)/t13-,18-/m0/s1. The van der Waals surface area contributed by atoms with Gasteiger partial charge >= 0.3 is 0 Å². The van der Waals surface area contributed by atoms with Crippen LogP contribution in [-0.2, 0) is 14.8 Å². The number of nitrogens with zero attached hydrogens (tertiary/aromatic N) is 1. The summed E-state index contributed by atoms with van der Waals surface area (Å²) in [5.74, 6) is 0.0254. The molecule has 0 saturated carbocycles. The van der Waals surface area contributed by atoms with Crippen LogP contribution in [-0.4, -0.2) is 33.2 Å². The molecule has 2 aromatic rings. The van der Waals surface area contributed by atoms with Gasteiger partial charge in [0.2, 0.25) is 10.0 Å². The third-order valence-electron chi connectivity index (χ3n) is 4.40. The minimum absolute atomic E-state index is 0.129. The van der Waals surface area contributed by atoms with E-state index < -0.39 is 16.1 Å². The molecule has 144 valence electrons. The molecule has 27 heavy (non-hydrogen) atoms. The molecule has 0 fully saturated rings. The summed E-state index contributed by atoms with van der Waals surface area (Å²) in [4.78, 5) is 12.7. The van der Waals surface area contributed by atoms with E-state index in [1.54, 1.807) is 12.1 Å². The van der Waals surface area contributed by atoms with Gasteiger partial charge in [-0.3, -0.25) is 9.10 Å². The number of hydrogen-bond donors (Lipinski definition) is 1. The Morgan fingerprint density at radius 3 is 2.63 bits per heavy atom. The fraction of sp³-hybridized carbons (Fsp3) is 0.316. The summed E-state index contributed by atoms with van der Waals surface area (Å²) in [6.45, 7) is 2.02. The number of benzene rings is 2. The summed E-state index contributed by atoms with van der Waals surface area (Å²) in [5.41, 5.74) is 1.32. The van der Waals surface area contributed by atoms with Crippen molar-refractivity contribution in [3.05, 3.63) is 59.1 Å². The van der Waals surface area contributed by atoms with Crippen molar-refractivity contribution in [3.63, 3.8) is 0 Å². The monoisotopic (exact) mass is 408 g/mol. The molecule has 1 aliphatic rings. The summed E-state index contributed by atoms with van der Waals surface area (Å²) in [7, 11) is -3.53. The molecule has 6 nitrogen and oxygen atoms in total. The summed E-state index contributed by atoms with van der Waals surface area (Å²) in [6.07, 6.45) is 0.547. The lowest BCUT2D eigenvalue weighted by Gasteiger charge is -2.21. The molecule has 0 aliphatic carbocycles. The van der Waals surface area contributed by atoms with E-state index in [0.29, 0.717) is 16.5 Å². The van der Waals surface area contributed by atoms with Gasteiger partial charge in [-0.05, 0) is 30.7 Å². The quantitative estimate of drug-likeness (QED) is 0.843. The zero-order valence-electron chi connectivity index (χ0n) is 15.1. The van der Waals surface area contributed by atoms with Crippen molar-refractivity contribution in [2.75, 3.05) is 17.1 Å². The van der Waals surface area contributed by atoms with Crippen molar-refractivity contribution in [2.24, 2.45) is 0 Å². The van der Waals surface area contributed by atoms with Gasteiger partial charge in [0.25, 0.3) is 5.91 Å². The second-order valence-corrected chi connectivity index (χ2v) is 8.83. The number of sulfonamides is 1. The molecular formula is C19H21ClN2O4S. The van der Waals surface area contributed by atoms with Crippen molar-refractivity contribution in [1.29, 1.82) is 0 Å². The summed E-state index contributed by atoms with van der Waals surface area (Å²) < 4.78 is 31.4. The highest BCUT2D eigenvalue weighted by atomic mass is 35.5. The van der Waals surface area contributed by atoms with Crippen LogP contribution in [0.3, 0.4) is 0 Å². The van der Waals surface area contributed by atoms with E-state index in [1.807, 2.05) is 37.3 Å². The number of anilines is 1. The first-order chi connectivity index (χ1) is 12.8. The average molecular weight is 409 g/mol. The lowest BCUT2D eigenvalue weighted by atomic mass is 10.1. The molecule has 0 radical (unpaired) electrons. The lowest BCUT2D eigenvalue weighted by molar-refractivity contribution is -0.128. The van der Waals surface area contributed by atoms with Crippen molar-refractivity contribution < 1.29 is 17.9 Å². The van der Waals surface area contributed by atoms with Crippen LogP contribution in [0, 0.1) is 0 Å². The highest BCUT2D eigenvalue weighted by Gasteiger charge is 2.31. The number of fused-ring (bicyclic) bond motifs is 1. The van der Waals surface area contributed by atoms with Gasteiger partial charge in [0.1, 0.15) is 5.75 Å². The van der Waals surface area contributed by atoms with E-state index in [2.05, 4.69) is 5.32 Å². The summed E-state index contributed by atoms with van der Waals surface area (Å²) in [5, 5.41) is 3.33. The first-order valence-corrected chi connectivity index (χ1v) is 10.8. The number of carbonyl (C=O) groups is 1. The fourth-order valence-electron chi connectivity index (χ4n) is 3.01. The van der Waals surface area contributed by atoms with Gasteiger partial charge in [-0.2, -0.15) is 0 Å². The first-order valence-electron chi connectivity index (χ1n) is 8.55. The SMILES string of the molecule is C[C@H](NC(=O)[C@@H]1CCN(S(C)(=O)=O)c2cc(Cl)ccc2O1)c1ccccc1. The number of ether oxygens (including phenoxy) is 1. The number of halogens is 1. The van der Waals surface area contributed by atoms with Crippen molar-refractivity contribution in [3.8, 4) is 5.75 Å². The van der Waals surface area contributed by atoms with E-state index in [1.165, 1.54) is 10.4 Å². The zero-order chi connectivity index (χ0) is 19.6. The normalized spacial score (nSPS) is 18.0. The van der Waals surface area contributed by atoms with E-state index in [-0.39, 0.29) is 24.9 Å². The van der Waals surface area contributed by atoms with Gasteiger partial charge < -0.3 is 10.1 Å². The minimum Gasteiger partial charge on any atom is -0.478 e. The number of carbonyl (C=O) groups excluding carboxylic acids is 1. The van der Waals surface area contributed by atoms with Crippen LogP contribution in [0.4, 0.5) is 5.69 Å². The molecular weight excluding hydrogens is 388 g/mol. The molecule has 1 heterocycles. The largest absolute Gasteiger partial charge is 0.478 e. The van der Waals surface area contributed by atoms with Gasteiger partial charge in [0, 0.05) is 18.0 Å². The number of hydrogen-bond acceptors (Lipinski definition) is 4. The van der Waals surface area contributed by atoms with Crippen molar-refractivity contribution in [2.45, 2.75) is 25.5 Å². The van der Waals surface area contributed by atoms with Gasteiger partial charge in [0.15, 0.2) is 6.10 Å². The van der Waals surface area contributed by atoms with E-state index in [0.717, 1.165) is 11.8 Å². The van der Waals surface area contributed by atoms with Gasteiger partial charge in [0.05, 0.1) is 18.0 Å². The van der Waals surface area contributed by atoms with E-state index >= 15 is 0 Å². The maximum atomic E-state index is 12.7. The Labute approximate surface area is 164 Å². The Bertz CT molecular complexity index is 934. The van der Waals surface area contributed by atoms with Gasteiger partial charge in [-0.15, -0.1) is 0 Å². The Morgan fingerprint density at radius 1 is 1.26 bits per heavy atom. The van der Waals surface area contributed by atoms with Crippen LogP contribution in [0.5, 0.6) is 5.75 Å². The summed E-state index contributed by atoms with van der Waals surface area (Å²) >= 11 is 6.02. The van der Waals surface area contributed by atoms with Crippen LogP contribution in [0.2, 0.25) is 5.02 Å².